The molecule has 0 saturated heterocycles. The quantitative estimate of drug-likeness (QED) is 0.288. The third-order valence-electron chi connectivity index (χ3n) is 4.04. The Balaban J connectivity index is 1.78. The van der Waals surface area contributed by atoms with E-state index >= 15 is 0 Å². The van der Waals surface area contributed by atoms with Crippen LogP contribution in [0.2, 0.25) is 0 Å². The average molecular weight is 366 g/mol. The summed E-state index contributed by atoms with van der Waals surface area (Å²) in [6, 6.07) is 13.7. The van der Waals surface area contributed by atoms with Crippen molar-refractivity contribution in [2.24, 2.45) is 0 Å². The number of aromatic nitrogens is 2. The van der Waals surface area contributed by atoms with Gasteiger partial charge in [-0.1, -0.05) is 24.3 Å². The summed E-state index contributed by atoms with van der Waals surface area (Å²) in [6.07, 6.45) is 0.0599. The van der Waals surface area contributed by atoms with Crippen LogP contribution in [-0.2, 0) is 22.6 Å². The van der Waals surface area contributed by atoms with E-state index in [0.29, 0.717) is 16.0 Å². The molecule has 0 N–H and O–H groups in total. The van der Waals surface area contributed by atoms with Crippen molar-refractivity contribution in [1.29, 1.82) is 0 Å². The van der Waals surface area contributed by atoms with Crippen LogP contribution < -0.4 is 9.47 Å². The van der Waals surface area contributed by atoms with Crippen molar-refractivity contribution in [3.8, 4) is 5.75 Å². The van der Waals surface area contributed by atoms with E-state index in [-0.39, 0.29) is 29.9 Å². The molecule has 0 amide bonds. The van der Waals surface area contributed by atoms with Crippen LogP contribution in [0, 0.1) is 5.21 Å². The largest absolute Gasteiger partial charge is 0.618 e. The molecule has 7 nitrogen and oxygen atoms in total. The smallest absolute Gasteiger partial charge is 0.310 e. The highest BCUT2D eigenvalue weighted by Gasteiger charge is 2.24. The van der Waals surface area contributed by atoms with Gasteiger partial charge in [-0.15, -0.1) is 0 Å². The Kier molecular flexibility index (Phi) is 5.30. The number of rotatable bonds is 6. The van der Waals surface area contributed by atoms with Gasteiger partial charge in [-0.2, -0.15) is 4.73 Å². The predicted molar refractivity (Wildman–Crippen MR) is 97.2 cm³/mol. The lowest BCUT2D eigenvalue weighted by Gasteiger charge is -2.10. The molecule has 0 spiro atoms. The van der Waals surface area contributed by atoms with E-state index in [1.54, 1.807) is 55.6 Å². The molecule has 2 aromatic carbocycles. The number of hydrogen-bond acceptors (Lipinski definition) is 6. The number of carbonyl (C=O) groups is 2. The average Bonchev–Trinajstić information content (AvgIpc) is 2.66. The molecule has 7 heteroatoms. The zero-order chi connectivity index (χ0) is 19.4. The minimum absolute atomic E-state index is 0.0599. The summed E-state index contributed by atoms with van der Waals surface area (Å²) in [7, 11) is 1.56. The van der Waals surface area contributed by atoms with Gasteiger partial charge in [-0.05, 0) is 23.8 Å². The molecule has 0 atom stereocenters. The molecule has 3 rings (SSSR count). The van der Waals surface area contributed by atoms with E-state index in [9.17, 15) is 14.8 Å². The summed E-state index contributed by atoms with van der Waals surface area (Å²) in [6.45, 7) is 1.03. The van der Waals surface area contributed by atoms with Crippen molar-refractivity contribution >= 4 is 22.8 Å². The molecule has 0 bridgehead atoms. The first-order valence-electron chi connectivity index (χ1n) is 8.30. The van der Waals surface area contributed by atoms with Crippen molar-refractivity contribution in [2.45, 2.75) is 20.0 Å². The maximum absolute atomic E-state index is 12.5. The Bertz CT molecular complexity index is 999. The Morgan fingerprint density at radius 2 is 1.81 bits per heavy atom. The Hall–Kier alpha value is -3.48. The molecule has 0 radical (unpaired) electrons. The van der Waals surface area contributed by atoms with Gasteiger partial charge in [0.15, 0.2) is 5.69 Å². The number of para-hydroxylation sites is 2. The van der Waals surface area contributed by atoms with Gasteiger partial charge in [0.2, 0.25) is 11.3 Å². The normalized spacial score (nSPS) is 10.6. The fourth-order valence-electron chi connectivity index (χ4n) is 2.72. The molecule has 1 aromatic heterocycles. The lowest BCUT2D eigenvalue weighted by Crippen LogP contribution is -2.37. The number of benzene rings is 2. The fourth-order valence-corrected chi connectivity index (χ4v) is 2.72. The number of Topliss-reactive ketones (excluding diaryl/α,β-unsaturated/α-hetero) is 1. The number of methoxy groups -OCH3 is 1. The van der Waals surface area contributed by atoms with Gasteiger partial charge in [0.25, 0.3) is 5.69 Å². The second-order valence-corrected chi connectivity index (χ2v) is 5.93. The highest BCUT2D eigenvalue weighted by Crippen LogP contribution is 2.14. The highest BCUT2D eigenvalue weighted by molar-refractivity contribution is 5.92. The summed E-state index contributed by atoms with van der Waals surface area (Å²) >= 11 is 0. The highest BCUT2D eigenvalue weighted by atomic mass is 16.5. The van der Waals surface area contributed by atoms with Crippen molar-refractivity contribution in [2.75, 3.05) is 7.11 Å². The molecule has 0 aliphatic rings. The number of hydrogen-bond donors (Lipinski definition) is 0. The van der Waals surface area contributed by atoms with E-state index in [4.69, 9.17) is 9.47 Å². The number of nitrogens with zero attached hydrogens (tertiary/aromatic N) is 2. The van der Waals surface area contributed by atoms with Gasteiger partial charge in [-0.25, -0.2) is 4.98 Å². The topological polar surface area (TPSA) is 92.4 Å². The fraction of sp³-hybridized carbons (Fsp3) is 0.200. The summed E-state index contributed by atoms with van der Waals surface area (Å²) in [5.74, 6) is -0.231. The standard InChI is InChI=1S/C20H18N2O5/c1-13(23)20-17(21-16-5-3-4-6-18(16)22(20)25)12-27-19(24)11-14-7-9-15(26-2)10-8-14/h3-10H,11-12H2,1-2H3. The number of fused-ring (bicyclic) bond motifs is 1. The molecule has 27 heavy (non-hydrogen) atoms. The lowest BCUT2D eigenvalue weighted by atomic mass is 10.1. The van der Waals surface area contributed by atoms with Gasteiger partial charge in [0, 0.05) is 13.0 Å². The van der Waals surface area contributed by atoms with Gasteiger partial charge in [-0.3, -0.25) is 9.59 Å². The maximum Gasteiger partial charge on any atom is 0.310 e. The summed E-state index contributed by atoms with van der Waals surface area (Å²) in [5, 5.41) is 12.5. The first kappa shape index (κ1) is 18.3. The van der Waals surface area contributed by atoms with Gasteiger partial charge in [0.1, 0.15) is 17.9 Å². The minimum Gasteiger partial charge on any atom is -0.618 e. The number of ketones is 1. The van der Waals surface area contributed by atoms with Crippen LogP contribution in [0.4, 0.5) is 0 Å². The Morgan fingerprint density at radius 1 is 1.11 bits per heavy atom. The van der Waals surface area contributed by atoms with Crippen molar-refractivity contribution in [3.05, 3.63) is 70.7 Å². The van der Waals surface area contributed by atoms with Crippen LogP contribution in [0.1, 0.15) is 28.7 Å². The minimum atomic E-state index is -0.484. The summed E-state index contributed by atoms with van der Waals surface area (Å²) < 4.78 is 10.9. The van der Waals surface area contributed by atoms with Gasteiger partial charge in [0.05, 0.1) is 13.5 Å². The first-order chi connectivity index (χ1) is 13.0. The van der Waals surface area contributed by atoms with Gasteiger partial charge < -0.3 is 14.7 Å². The Morgan fingerprint density at radius 3 is 2.48 bits per heavy atom. The number of ether oxygens (including phenoxy) is 2. The molecule has 138 valence electrons. The lowest BCUT2D eigenvalue weighted by molar-refractivity contribution is -0.580. The van der Waals surface area contributed by atoms with Crippen LogP contribution in [0.5, 0.6) is 5.75 Å². The van der Waals surface area contributed by atoms with Crippen LogP contribution >= 0.6 is 0 Å². The second-order valence-electron chi connectivity index (χ2n) is 5.93. The first-order valence-corrected chi connectivity index (χ1v) is 8.30. The number of carbonyl (C=O) groups excluding carboxylic acids is 2. The molecule has 0 aliphatic carbocycles. The van der Waals surface area contributed by atoms with E-state index in [1.807, 2.05) is 0 Å². The van der Waals surface area contributed by atoms with Crippen LogP contribution in [0.15, 0.2) is 48.5 Å². The monoisotopic (exact) mass is 366 g/mol. The van der Waals surface area contributed by atoms with Gasteiger partial charge >= 0.3 is 5.97 Å². The molecule has 0 aliphatic heterocycles. The molecular formula is C20H18N2O5. The van der Waals surface area contributed by atoms with E-state index in [2.05, 4.69) is 4.98 Å². The molecule has 0 unspecified atom stereocenters. The summed E-state index contributed by atoms with van der Waals surface area (Å²) in [5.41, 5.74) is 1.50. The second kappa shape index (κ2) is 7.82. The summed E-state index contributed by atoms with van der Waals surface area (Å²) in [4.78, 5) is 28.4. The molecule has 0 saturated carbocycles. The predicted octanol–water partition coefficient (Wildman–Crippen LogP) is 2.37. The van der Waals surface area contributed by atoms with Crippen LogP contribution in [0.25, 0.3) is 11.0 Å². The molecule has 1 heterocycles. The third-order valence-corrected chi connectivity index (χ3v) is 4.04. The van der Waals surface area contributed by atoms with Crippen molar-refractivity contribution in [3.63, 3.8) is 0 Å². The molecule has 0 fully saturated rings. The van der Waals surface area contributed by atoms with Crippen molar-refractivity contribution < 1.29 is 23.8 Å². The van der Waals surface area contributed by atoms with E-state index in [0.717, 1.165) is 5.56 Å². The Labute approximate surface area is 155 Å². The zero-order valence-corrected chi connectivity index (χ0v) is 15.0. The molecule has 3 aromatic rings. The maximum atomic E-state index is 12.5. The third kappa shape index (κ3) is 4.03. The molecular weight excluding hydrogens is 348 g/mol. The van der Waals surface area contributed by atoms with Crippen molar-refractivity contribution in [1.82, 2.24) is 4.98 Å². The SMILES string of the molecule is COc1ccc(CC(=O)OCc2nc3ccccc3[n+]([O-])c2C(C)=O)cc1. The van der Waals surface area contributed by atoms with Crippen LogP contribution in [-0.4, -0.2) is 23.8 Å². The van der Waals surface area contributed by atoms with Crippen LogP contribution in [0.3, 0.4) is 0 Å². The van der Waals surface area contributed by atoms with E-state index < -0.39 is 11.8 Å². The van der Waals surface area contributed by atoms with E-state index in [1.165, 1.54) is 6.92 Å². The number of esters is 1. The zero-order valence-electron chi connectivity index (χ0n) is 15.0.